The van der Waals surface area contributed by atoms with Crippen molar-refractivity contribution in [2.45, 2.75) is 13.0 Å². The summed E-state index contributed by atoms with van der Waals surface area (Å²) in [5.41, 5.74) is 6.12. The number of morpholine rings is 1. The van der Waals surface area contributed by atoms with Crippen molar-refractivity contribution < 1.29 is 13.7 Å². The normalized spacial score (nSPS) is 18.3. The summed E-state index contributed by atoms with van der Waals surface area (Å²) >= 11 is 0. The van der Waals surface area contributed by atoms with Crippen LogP contribution in [0.1, 0.15) is 17.6 Å². The topological polar surface area (TPSA) is 90.5 Å². The lowest BCUT2D eigenvalue weighted by Crippen LogP contribution is -2.40. The fourth-order valence-corrected chi connectivity index (χ4v) is 2.18. The van der Waals surface area contributed by atoms with Crippen LogP contribution in [0.15, 0.2) is 21.1 Å². The van der Waals surface area contributed by atoms with E-state index in [-0.39, 0.29) is 6.04 Å². The number of aromatic nitrogens is 2. The molecule has 20 heavy (non-hydrogen) atoms. The lowest BCUT2D eigenvalue weighted by atomic mass is 10.2. The Morgan fingerprint density at radius 1 is 1.35 bits per heavy atom. The molecule has 1 fully saturated rings. The summed E-state index contributed by atoms with van der Waals surface area (Å²) in [7, 11) is 0. The molecule has 2 N–H and O–H groups in total. The van der Waals surface area contributed by atoms with Crippen LogP contribution in [0.2, 0.25) is 0 Å². The van der Waals surface area contributed by atoms with E-state index in [0.717, 1.165) is 32.1 Å². The maximum atomic E-state index is 6.12. The molecule has 3 heterocycles. The Kier molecular flexibility index (Phi) is 3.81. The molecule has 108 valence electrons. The first-order chi connectivity index (χ1) is 9.72. The van der Waals surface area contributed by atoms with E-state index in [9.17, 15) is 0 Å². The minimum atomic E-state index is -0.276. The van der Waals surface area contributed by atoms with E-state index < -0.39 is 0 Å². The van der Waals surface area contributed by atoms with Crippen molar-refractivity contribution in [1.82, 2.24) is 15.0 Å². The summed E-state index contributed by atoms with van der Waals surface area (Å²) in [4.78, 5) is 6.54. The molecule has 3 rings (SSSR count). The zero-order valence-electron chi connectivity index (χ0n) is 11.4. The van der Waals surface area contributed by atoms with Gasteiger partial charge in [0.05, 0.1) is 19.3 Å². The second-order valence-electron chi connectivity index (χ2n) is 4.89. The molecule has 1 aliphatic heterocycles. The molecule has 0 spiro atoms. The zero-order valence-corrected chi connectivity index (χ0v) is 11.4. The number of hydrogen-bond donors (Lipinski definition) is 1. The van der Waals surface area contributed by atoms with Gasteiger partial charge in [-0.15, -0.1) is 0 Å². The van der Waals surface area contributed by atoms with Crippen LogP contribution in [0, 0.1) is 6.92 Å². The van der Waals surface area contributed by atoms with E-state index >= 15 is 0 Å². The van der Waals surface area contributed by atoms with Crippen LogP contribution in [-0.2, 0) is 4.74 Å². The molecule has 0 bridgehead atoms. The molecule has 7 heteroatoms. The Morgan fingerprint density at radius 2 is 2.15 bits per heavy atom. The van der Waals surface area contributed by atoms with Gasteiger partial charge in [0.1, 0.15) is 5.76 Å². The molecule has 1 aliphatic rings. The number of aryl methyl sites for hydroxylation is 1. The van der Waals surface area contributed by atoms with Crippen molar-refractivity contribution in [3.8, 4) is 11.7 Å². The van der Waals surface area contributed by atoms with Gasteiger partial charge in [-0.1, -0.05) is 5.16 Å². The van der Waals surface area contributed by atoms with E-state index in [0.29, 0.717) is 24.0 Å². The second-order valence-corrected chi connectivity index (χ2v) is 4.89. The van der Waals surface area contributed by atoms with Crippen molar-refractivity contribution in [3.63, 3.8) is 0 Å². The standard InChI is InChI=1S/C13H18N4O3/c1-9-2-3-11(19-9)13-15-12(16-20-13)10(14)8-17-4-6-18-7-5-17/h2-3,10H,4-8,14H2,1H3. The number of ether oxygens (including phenoxy) is 1. The maximum Gasteiger partial charge on any atom is 0.293 e. The Hall–Kier alpha value is -1.70. The summed E-state index contributed by atoms with van der Waals surface area (Å²) in [6, 6.07) is 3.38. The molecular formula is C13H18N4O3. The highest BCUT2D eigenvalue weighted by atomic mass is 16.5. The van der Waals surface area contributed by atoms with Crippen LogP contribution in [0.3, 0.4) is 0 Å². The fraction of sp³-hybridized carbons (Fsp3) is 0.538. The maximum absolute atomic E-state index is 6.12. The Morgan fingerprint density at radius 3 is 2.85 bits per heavy atom. The summed E-state index contributed by atoms with van der Waals surface area (Å²) in [6.07, 6.45) is 0. The van der Waals surface area contributed by atoms with Gasteiger partial charge in [-0.25, -0.2) is 0 Å². The number of hydrogen-bond acceptors (Lipinski definition) is 7. The number of furan rings is 1. The van der Waals surface area contributed by atoms with Gasteiger partial charge in [-0.2, -0.15) is 4.98 Å². The Bertz CT molecular complexity index is 559. The van der Waals surface area contributed by atoms with Gasteiger partial charge in [0.2, 0.25) is 0 Å². The number of rotatable bonds is 4. The zero-order chi connectivity index (χ0) is 13.9. The van der Waals surface area contributed by atoms with Crippen LogP contribution in [-0.4, -0.2) is 47.9 Å². The van der Waals surface area contributed by atoms with Crippen LogP contribution in [0.4, 0.5) is 0 Å². The largest absolute Gasteiger partial charge is 0.456 e. The first kappa shape index (κ1) is 13.3. The van der Waals surface area contributed by atoms with Gasteiger partial charge in [0.15, 0.2) is 11.6 Å². The first-order valence-electron chi connectivity index (χ1n) is 6.68. The lowest BCUT2D eigenvalue weighted by Gasteiger charge is -2.27. The highest BCUT2D eigenvalue weighted by molar-refractivity contribution is 5.44. The van der Waals surface area contributed by atoms with Crippen molar-refractivity contribution >= 4 is 0 Å². The van der Waals surface area contributed by atoms with Crippen LogP contribution in [0.25, 0.3) is 11.7 Å². The quantitative estimate of drug-likeness (QED) is 0.891. The highest BCUT2D eigenvalue weighted by Gasteiger charge is 2.20. The molecule has 2 aromatic rings. The molecule has 0 aliphatic carbocycles. The van der Waals surface area contributed by atoms with Gasteiger partial charge in [0.25, 0.3) is 5.89 Å². The Labute approximate surface area is 116 Å². The molecule has 1 saturated heterocycles. The predicted molar refractivity (Wildman–Crippen MR) is 70.9 cm³/mol. The molecule has 1 unspecified atom stereocenters. The van der Waals surface area contributed by atoms with E-state index in [2.05, 4.69) is 15.0 Å². The van der Waals surface area contributed by atoms with Gasteiger partial charge in [0, 0.05) is 19.6 Å². The van der Waals surface area contributed by atoms with Gasteiger partial charge in [-0.05, 0) is 19.1 Å². The third-order valence-electron chi connectivity index (χ3n) is 3.28. The summed E-state index contributed by atoms with van der Waals surface area (Å²) in [6.45, 7) is 5.82. The molecule has 0 saturated carbocycles. The first-order valence-corrected chi connectivity index (χ1v) is 6.68. The van der Waals surface area contributed by atoms with E-state index in [1.807, 2.05) is 13.0 Å². The molecule has 0 aromatic carbocycles. The fourth-order valence-electron chi connectivity index (χ4n) is 2.18. The van der Waals surface area contributed by atoms with Crippen LogP contribution in [0.5, 0.6) is 0 Å². The van der Waals surface area contributed by atoms with Crippen LogP contribution < -0.4 is 5.73 Å². The van der Waals surface area contributed by atoms with E-state index in [1.54, 1.807) is 6.07 Å². The molecule has 7 nitrogen and oxygen atoms in total. The summed E-state index contributed by atoms with van der Waals surface area (Å²) < 4.78 is 16.0. The summed E-state index contributed by atoms with van der Waals surface area (Å²) in [5.74, 6) is 2.24. The van der Waals surface area contributed by atoms with E-state index in [4.69, 9.17) is 19.4 Å². The molecule has 0 radical (unpaired) electrons. The average Bonchev–Trinajstić information content (AvgIpc) is 3.08. The number of nitrogens with two attached hydrogens (primary N) is 1. The monoisotopic (exact) mass is 278 g/mol. The molecule has 2 aromatic heterocycles. The highest BCUT2D eigenvalue weighted by Crippen LogP contribution is 2.21. The molecule has 1 atom stereocenters. The van der Waals surface area contributed by atoms with E-state index in [1.165, 1.54) is 0 Å². The smallest absolute Gasteiger partial charge is 0.293 e. The molecule has 0 amide bonds. The minimum absolute atomic E-state index is 0.276. The second kappa shape index (κ2) is 5.74. The minimum Gasteiger partial charge on any atom is -0.456 e. The Balaban J connectivity index is 1.66. The SMILES string of the molecule is Cc1ccc(-c2nc(C(N)CN3CCOCC3)no2)o1. The molecular weight excluding hydrogens is 260 g/mol. The van der Waals surface area contributed by atoms with Crippen molar-refractivity contribution in [3.05, 3.63) is 23.7 Å². The average molecular weight is 278 g/mol. The number of nitrogens with zero attached hydrogens (tertiary/aromatic N) is 3. The van der Waals surface area contributed by atoms with Crippen molar-refractivity contribution in [2.24, 2.45) is 5.73 Å². The van der Waals surface area contributed by atoms with Gasteiger partial charge in [-0.3, -0.25) is 4.90 Å². The van der Waals surface area contributed by atoms with Crippen molar-refractivity contribution in [1.29, 1.82) is 0 Å². The van der Waals surface area contributed by atoms with Gasteiger partial charge >= 0.3 is 0 Å². The van der Waals surface area contributed by atoms with Crippen molar-refractivity contribution in [2.75, 3.05) is 32.8 Å². The lowest BCUT2D eigenvalue weighted by molar-refractivity contribution is 0.0348. The third kappa shape index (κ3) is 2.90. The third-order valence-corrected chi connectivity index (χ3v) is 3.28. The van der Waals surface area contributed by atoms with Gasteiger partial charge < -0.3 is 19.4 Å². The van der Waals surface area contributed by atoms with Crippen LogP contribution >= 0.6 is 0 Å². The summed E-state index contributed by atoms with van der Waals surface area (Å²) in [5, 5.41) is 3.94. The predicted octanol–water partition coefficient (Wildman–Crippen LogP) is 0.970.